The molecule has 6 heteroatoms. The van der Waals surface area contributed by atoms with E-state index in [2.05, 4.69) is 4.98 Å². The van der Waals surface area contributed by atoms with Crippen LogP contribution in [0.15, 0.2) is 21.0 Å². The van der Waals surface area contributed by atoms with E-state index in [0.29, 0.717) is 23.4 Å². The highest BCUT2D eigenvalue weighted by atomic mass is 32.1. The molecule has 1 N–H and O–H groups in total. The number of epoxide rings is 1. The molecule has 2 aromatic rings. The normalized spacial score (nSPS) is 19.6. The Morgan fingerprint density at radius 1 is 1.60 bits per heavy atom. The second kappa shape index (κ2) is 3.04. The number of H-pyrrole nitrogens is 1. The van der Waals surface area contributed by atoms with Gasteiger partial charge in [0, 0.05) is 0 Å². The van der Waals surface area contributed by atoms with E-state index in [9.17, 15) is 9.59 Å². The molecule has 3 rings (SSSR count). The lowest BCUT2D eigenvalue weighted by atomic mass is 10.4. The van der Waals surface area contributed by atoms with Crippen LogP contribution >= 0.6 is 11.3 Å². The summed E-state index contributed by atoms with van der Waals surface area (Å²) < 4.78 is 7.23. The van der Waals surface area contributed by atoms with Gasteiger partial charge in [0.2, 0.25) is 0 Å². The van der Waals surface area contributed by atoms with E-state index in [1.54, 1.807) is 10.6 Å². The Morgan fingerprint density at radius 3 is 3.13 bits per heavy atom. The zero-order valence-corrected chi connectivity index (χ0v) is 8.54. The molecule has 0 amide bonds. The fraction of sp³-hybridized carbons (Fsp3) is 0.333. The van der Waals surface area contributed by atoms with Gasteiger partial charge in [0.05, 0.1) is 24.8 Å². The van der Waals surface area contributed by atoms with Gasteiger partial charge in [0.15, 0.2) is 0 Å². The molecule has 78 valence electrons. The number of hydrogen-bond acceptors (Lipinski definition) is 4. The summed E-state index contributed by atoms with van der Waals surface area (Å²) in [5.74, 6) is 0. The molecule has 0 aromatic carbocycles. The van der Waals surface area contributed by atoms with Gasteiger partial charge in [-0.3, -0.25) is 14.3 Å². The molecule has 0 radical (unpaired) electrons. The number of hydrogen-bond donors (Lipinski definition) is 1. The molecule has 0 saturated carbocycles. The van der Waals surface area contributed by atoms with Gasteiger partial charge in [-0.1, -0.05) is 0 Å². The molecule has 2 aromatic heterocycles. The Morgan fingerprint density at radius 2 is 2.40 bits per heavy atom. The van der Waals surface area contributed by atoms with Gasteiger partial charge in [-0.2, -0.15) is 0 Å². The molecular formula is C9H8N2O3S. The summed E-state index contributed by atoms with van der Waals surface area (Å²) in [6.07, 6.45) is 0.122. The van der Waals surface area contributed by atoms with Gasteiger partial charge in [0.1, 0.15) is 4.70 Å². The molecule has 1 aliphatic rings. The Bertz CT molecular complexity index is 620. The highest BCUT2D eigenvalue weighted by Gasteiger charge is 2.24. The maximum atomic E-state index is 11.6. The predicted octanol–water partition coefficient (Wildman–Crippen LogP) is 0.150. The number of nitrogens with one attached hydrogen (secondary N) is 1. The number of aromatic nitrogens is 2. The van der Waals surface area contributed by atoms with E-state index in [4.69, 9.17) is 4.74 Å². The third kappa shape index (κ3) is 1.42. The van der Waals surface area contributed by atoms with Crippen LogP contribution in [0.25, 0.3) is 10.2 Å². The van der Waals surface area contributed by atoms with Gasteiger partial charge in [-0.15, -0.1) is 11.3 Å². The van der Waals surface area contributed by atoms with E-state index in [0.717, 1.165) is 0 Å². The zero-order valence-electron chi connectivity index (χ0n) is 7.73. The fourth-order valence-corrected chi connectivity index (χ4v) is 2.36. The summed E-state index contributed by atoms with van der Waals surface area (Å²) in [5.41, 5.74) is 0.0311. The van der Waals surface area contributed by atoms with E-state index in [-0.39, 0.29) is 17.4 Å². The Balaban J connectivity index is 2.29. The lowest BCUT2D eigenvalue weighted by Crippen LogP contribution is -2.30. The standard InChI is InChI=1S/C9H8N2O3S/c12-8-7-6(1-2-15-7)11(9(13)10-8)3-5-4-14-5/h1-2,5H,3-4H2,(H,10,12,13). The highest BCUT2D eigenvalue weighted by Crippen LogP contribution is 2.17. The van der Waals surface area contributed by atoms with Crippen molar-refractivity contribution in [3.63, 3.8) is 0 Å². The topological polar surface area (TPSA) is 67.4 Å². The summed E-state index contributed by atoms with van der Waals surface area (Å²) in [4.78, 5) is 25.3. The minimum Gasteiger partial charge on any atom is -0.371 e. The number of nitrogens with zero attached hydrogens (tertiary/aromatic N) is 1. The molecule has 15 heavy (non-hydrogen) atoms. The van der Waals surface area contributed by atoms with Crippen molar-refractivity contribution in [1.82, 2.24) is 9.55 Å². The molecule has 0 spiro atoms. The molecule has 1 aliphatic heterocycles. The van der Waals surface area contributed by atoms with Crippen LogP contribution in [0, 0.1) is 0 Å². The van der Waals surface area contributed by atoms with Crippen LogP contribution in [-0.4, -0.2) is 22.3 Å². The van der Waals surface area contributed by atoms with Crippen molar-refractivity contribution < 1.29 is 4.74 Å². The molecule has 1 unspecified atom stereocenters. The second-order valence-corrected chi connectivity index (χ2v) is 4.38. The van der Waals surface area contributed by atoms with Crippen LogP contribution in [0.3, 0.4) is 0 Å². The van der Waals surface area contributed by atoms with E-state index >= 15 is 0 Å². The van der Waals surface area contributed by atoms with Gasteiger partial charge in [-0.05, 0) is 11.4 Å². The van der Waals surface area contributed by atoms with Crippen LogP contribution in [-0.2, 0) is 11.3 Å². The van der Waals surface area contributed by atoms with Crippen LogP contribution < -0.4 is 11.2 Å². The minimum absolute atomic E-state index is 0.122. The third-order valence-electron chi connectivity index (χ3n) is 2.40. The van der Waals surface area contributed by atoms with Gasteiger partial charge >= 0.3 is 5.69 Å². The van der Waals surface area contributed by atoms with E-state index in [1.165, 1.54) is 11.3 Å². The summed E-state index contributed by atoms with van der Waals surface area (Å²) in [6.45, 7) is 1.21. The summed E-state index contributed by atoms with van der Waals surface area (Å²) in [7, 11) is 0. The maximum Gasteiger partial charge on any atom is 0.328 e. The van der Waals surface area contributed by atoms with Crippen molar-refractivity contribution in [3.8, 4) is 0 Å². The zero-order chi connectivity index (χ0) is 10.4. The first-order chi connectivity index (χ1) is 7.25. The SMILES string of the molecule is O=c1[nH]c(=O)n(CC2CO2)c2ccsc12. The maximum absolute atomic E-state index is 11.6. The minimum atomic E-state index is -0.360. The van der Waals surface area contributed by atoms with Crippen molar-refractivity contribution in [3.05, 3.63) is 32.3 Å². The van der Waals surface area contributed by atoms with Crippen molar-refractivity contribution >= 4 is 21.6 Å². The predicted molar refractivity (Wildman–Crippen MR) is 56.4 cm³/mol. The van der Waals surface area contributed by atoms with Crippen molar-refractivity contribution in [1.29, 1.82) is 0 Å². The molecule has 1 atom stereocenters. The molecule has 0 aliphatic carbocycles. The van der Waals surface area contributed by atoms with Crippen molar-refractivity contribution in [2.45, 2.75) is 12.6 Å². The second-order valence-electron chi connectivity index (χ2n) is 3.46. The highest BCUT2D eigenvalue weighted by molar-refractivity contribution is 7.17. The lowest BCUT2D eigenvalue weighted by Gasteiger charge is -2.03. The summed E-state index contributed by atoms with van der Waals surface area (Å²) in [6, 6.07) is 1.79. The van der Waals surface area contributed by atoms with Crippen molar-refractivity contribution in [2.75, 3.05) is 6.61 Å². The van der Waals surface area contributed by atoms with E-state index in [1.807, 2.05) is 5.38 Å². The number of rotatable bonds is 2. The lowest BCUT2D eigenvalue weighted by molar-refractivity contribution is 0.382. The van der Waals surface area contributed by atoms with Crippen LogP contribution in [0.5, 0.6) is 0 Å². The molecule has 1 saturated heterocycles. The molecular weight excluding hydrogens is 216 g/mol. The fourth-order valence-electron chi connectivity index (χ4n) is 1.57. The Hall–Kier alpha value is -1.40. The number of fused-ring (bicyclic) bond motifs is 1. The number of ether oxygens (including phenoxy) is 1. The molecule has 3 heterocycles. The first-order valence-corrected chi connectivity index (χ1v) is 5.45. The molecule has 0 bridgehead atoms. The third-order valence-corrected chi connectivity index (χ3v) is 3.30. The summed E-state index contributed by atoms with van der Waals surface area (Å²) >= 11 is 1.34. The summed E-state index contributed by atoms with van der Waals surface area (Å²) in [5, 5.41) is 1.81. The number of aromatic amines is 1. The average molecular weight is 224 g/mol. The van der Waals surface area contributed by atoms with Crippen LogP contribution in [0.4, 0.5) is 0 Å². The van der Waals surface area contributed by atoms with E-state index < -0.39 is 0 Å². The van der Waals surface area contributed by atoms with Crippen LogP contribution in [0.1, 0.15) is 0 Å². The monoisotopic (exact) mass is 224 g/mol. The molecule has 1 fully saturated rings. The Labute approximate surface area is 87.9 Å². The first-order valence-electron chi connectivity index (χ1n) is 4.57. The van der Waals surface area contributed by atoms with Crippen LogP contribution in [0.2, 0.25) is 0 Å². The smallest absolute Gasteiger partial charge is 0.328 e. The molecule has 5 nitrogen and oxygen atoms in total. The quantitative estimate of drug-likeness (QED) is 0.738. The Kier molecular flexibility index (Phi) is 1.80. The first kappa shape index (κ1) is 8.87. The largest absolute Gasteiger partial charge is 0.371 e. The van der Waals surface area contributed by atoms with Gasteiger partial charge in [0.25, 0.3) is 5.56 Å². The van der Waals surface area contributed by atoms with Gasteiger partial charge in [-0.25, -0.2) is 4.79 Å². The number of thiophene rings is 1. The van der Waals surface area contributed by atoms with Crippen molar-refractivity contribution in [2.24, 2.45) is 0 Å². The van der Waals surface area contributed by atoms with Gasteiger partial charge < -0.3 is 4.74 Å². The average Bonchev–Trinajstić information content (AvgIpc) is 2.87.